The van der Waals surface area contributed by atoms with Crippen LogP contribution in [0.2, 0.25) is 0 Å². The molecule has 2 nitrogen and oxygen atoms in total. The largest absolute Gasteiger partial charge is 0.379 e. The molecule has 0 radical (unpaired) electrons. The second kappa shape index (κ2) is 6.26. The molecule has 14 heavy (non-hydrogen) atoms. The Balaban J connectivity index is 1.60. The van der Waals surface area contributed by atoms with Gasteiger partial charge in [-0.05, 0) is 23.8 Å². The molecule has 2 fully saturated rings. The molecule has 1 saturated heterocycles. The van der Waals surface area contributed by atoms with Crippen molar-refractivity contribution < 1.29 is 4.74 Å². The fourth-order valence-electron chi connectivity index (χ4n) is 1.90. The van der Waals surface area contributed by atoms with E-state index in [4.69, 9.17) is 4.74 Å². The Hall–Kier alpha value is 0.620. The second-order valence-corrected chi connectivity index (χ2v) is 6.52. The Bertz CT molecular complexity index is 138. The maximum absolute atomic E-state index is 5.33. The number of hydrogen-bond donors (Lipinski definition) is 0. The third-order valence-corrected chi connectivity index (χ3v) is 5.92. The van der Waals surface area contributed by atoms with Crippen molar-refractivity contribution >= 4 is 21.8 Å². The fraction of sp³-hybridized carbons (Fsp3) is 1.00. The van der Waals surface area contributed by atoms with E-state index in [1.165, 1.54) is 32.1 Å². The van der Waals surface area contributed by atoms with Crippen molar-refractivity contribution in [3.63, 3.8) is 0 Å². The molecule has 0 aromatic heterocycles. The highest BCUT2D eigenvalue weighted by Crippen LogP contribution is 2.37. The minimum atomic E-state index is 0.914. The zero-order valence-electron chi connectivity index (χ0n) is 8.61. The first-order valence-electron chi connectivity index (χ1n) is 5.61. The van der Waals surface area contributed by atoms with Crippen molar-refractivity contribution in [2.45, 2.75) is 37.4 Å². The smallest absolute Gasteiger partial charge is 0.0603 e. The molecule has 0 atom stereocenters. The molecule has 2 rings (SSSR count). The van der Waals surface area contributed by atoms with E-state index in [2.05, 4.69) is 15.1 Å². The molecule has 1 aliphatic carbocycles. The summed E-state index contributed by atoms with van der Waals surface area (Å²) in [4.78, 5) is 0. The number of rotatable bonds is 3. The van der Waals surface area contributed by atoms with Gasteiger partial charge >= 0.3 is 0 Å². The Kier molecular flexibility index (Phi) is 4.97. The molecule has 0 unspecified atom stereocenters. The van der Waals surface area contributed by atoms with Crippen LogP contribution in [0, 0.1) is 0 Å². The summed E-state index contributed by atoms with van der Waals surface area (Å²) in [5.74, 6) is 0. The molecular weight excluding hydrogens is 214 g/mol. The summed E-state index contributed by atoms with van der Waals surface area (Å²) < 4.78 is 7.77. The topological polar surface area (TPSA) is 12.5 Å². The van der Waals surface area contributed by atoms with Gasteiger partial charge in [0.1, 0.15) is 0 Å². The second-order valence-electron chi connectivity index (χ2n) is 3.97. The van der Waals surface area contributed by atoms with Crippen LogP contribution in [0.25, 0.3) is 0 Å². The average molecular weight is 233 g/mol. The van der Waals surface area contributed by atoms with Gasteiger partial charge in [0.05, 0.1) is 13.2 Å². The molecule has 2 aliphatic rings. The van der Waals surface area contributed by atoms with Gasteiger partial charge in [-0.3, -0.25) is 0 Å². The predicted molar refractivity (Wildman–Crippen MR) is 64.4 cm³/mol. The molecule has 0 bridgehead atoms. The number of ether oxygens (including phenoxy) is 1. The van der Waals surface area contributed by atoms with Crippen molar-refractivity contribution in [2.75, 3.05) is 26.3 Å². The van der Waals surface area contributed by atoms with Crippen LogP contribution < -0.4 is 0 Å². The molecule has 0 amide bonds. The van der Waals surface area contributed by atoms with E-state index in [0.717, 1.165) is 31.6 Å². The van der Waals surface area contributed by atoms with E-state index in [9.17, 15) is 0 Å². The van der Waals surface area contributed by atoms with E-state index in [0.29, 0.717) is 0 Å². The summed E-state index contributed by atoms with van der Waals surface area (Å²) in [6.07, 6.45) is 7.21. The summed E-state index contributed by atoms with van der Waals surface area (Å²) in [6.45, 7) is 4.03. The van der Waals surface area contributed by atoms with Gasteiger partial charge in [-0.15, -0.1) is 0 Å². The van der Waals surface area contributed by atoms with Crippen LogP contribution in [-0.4, -0.2) is 35.9 Å². The van der Waals surface area contributed by atoms with Gasteiger partial charge in [0.2, 0.25) is 0 Å². The summed E-state index contributed by atoms with van der Waals surface area (Å²) in [6, 6.07) is 0. The van der Waals surface area contributed by atoms with Crippen molar-refractivity contribution in [2.24, 2.45) is 0 Å². The monoisotopic (exact) mass is 233 g/mol. The van der Waals surface area contributed by atoms with Crippen LogP contribution in [0.5, 0.6) is 0 Å². The highest BCUT2D eigenvalue weighted by atomic mass is 33.1. The summed E-state index contributed by atoms with van der Waals surface area (Å²) in [7, 11) is 4.06. The molecule has 1 saturated carbocycles. The van der Waals surface area contributed by atoms with Crippen LogP contribution in [0.15, 0.2) is 0 Å². The van der Waals surface area contributed by atoms with Gasteiger partial charge in [0.15, 0.2) is 0 Å². The van der Waals surface area contributed by atoms with Gasteiger partial charge in [0, 0.05) is 18.3 Å². The van der Waals surface area contributed by atoms with Crippen LogP contribution >= 0.6 is 21.8 Å². The lowest BCUT2D eigenvalue weighted by molar-refractivity contribution is 0.0779. The molecule has 0 aromatic carbocycles. The molecular formula is C10H19NOS2. The van der Waals surface area contributed by atoms with Gasteiger partial charge in [-0.1, -0.05) is 30.1 Å². The third kappa shape index (κ3) is 3.65. The van der Waals surface area contributed by atoms with Gasteiger partial charge < -0.3 is 4.74 Å². The summed E-state index contributed by atoms with van der Waals surface area (Å²) in [5.41, 5.74) is 0. The van der Waals surface area contributed by atoms with Crippen LogP contribution in [0.1, 0.15) is 32.1 Å². The first kappa shape index (κ1) is 11.1. The van der Waals surface area contributed by atoms with Gasteiger partial charge in [-0.2, -0.15) is 0 Å². The normalized spacial score (nSPS) is 26.6. The summed E-state index contributed by atoms with van der Waals surface area (Å²) in [5, 5.41) is 0.914. The Morgan fingerprint density at radius 1 is 1.00 bits per heavy atom. The van der Waals surface area contributed by atoms with Crippen LogP contribution in [0.4, 0.5) is 0 Å². The first-order valence-corrected chi connectivity index (χ1v) is 7.78. The molecule has 0 spiro atoms. The fourth-order valence-corrected chi connectivity index (χ4v) is 4.73. The van der Waals surface area contributed by atoms with E-state index in [1.807, 2.05) is 11.0 Å². The van der Waals surface area contributed by atoms with E-state index >= 15 is 0 Å². The lowest BCUT2D eigenvalue weighted by Gasteiger charge is -2.27. The number of morpholine rings is 1. The molecule has 0 aromatic rings. The quantitative estimate of drug-likeness (QED) is 0.548. The van der Waals surface area contributed by atoms with Crippen molar-refractivity contribution in [3.8, 4) is 0 Å². The maximum Gasteiger partial charge on any atom is 0.0603 e. The molecule has 82 valence electrons. The SMILES string of the molecule is C1CCC(SSN2CCOCC2)CC1. The zero-order valence-corrected chi connectivity index (χ0v) is 10.2. The Morgan fingerprint density at radius 2 is 1.71 bits per heavy atom. The third-order valence-electron chi connectivity index (χ3n) is 2.81. The molecule has 1 heterocycles. The van der Waals surface area contributed by atoms with Gasteiger partial charge in [0.25, 0.3) is 0 Å². The number of hydrogen-bond acceptors (Lipinski definition) is 4. The van der Waals surface area contributed by atoms with Crippen molar-refractivity contribution in [1.82, 2.24) is 4.31 Å². The van der Waals surface area contributed by atoms with Crippen molar-refractivity contribution in [3.05, 3.63) is 0 Å². The minimum absolute atomic E-state index is 0.914. The highest BCUT2D eigenvalue weighted by molar-refractivity contribution is 8.76. The standard InChI is InChI=1S/C10H19NOS2/c1-2-4-10(5-3-1)13-14-11-6-8-12-9-7-11/h10H,1-9H2. The summed E-state index contributed by atoms with van der Waals surface area (Å²) >= 11 is 0. The number of nitrogens with zero attached hydrogens (tertiary/aromatic N) is 1. The lowest BCUT2D eigenvalue weighted by atomic mass is 10.0. The van der Waals surface area contributed by atoms with Crippen LogP contribution in [0.3, 0.4) is 0 Å². The molecule has 0 N–H and O–H groups in total. The predicted octanol–water partition coefficient (Wildman–Crippen LogP) is 2.95. The van der Waals surface area contributed by atoms with E-state index in [1.54, 1.807) is 0 Å². The zero-order chi connectivity index (χ0) is 9.64. The highest BCUT2D eigenvalue weighted by Gasteiger charge is 2.17. The minimum Gasteiger partial charge on any atom is -0.379 e. The maximum atomic E-state index is 5.33. The Labute approximate surface area is 94.7 Å². The Morgan fingerprint density at radius 3 is 2.43 bits per heavy atom. The average Bonchev–Trinajstić information content (AvgIpc) is 2.29. The molecule has 4 heteroatoms. The molecule has 1 aliphatic heterocycles. The van der Waals surface area contributed by atoms with Crippen LogP contribution in [-0.2, 0) is 4.74 Å². The first-order chi connectivity index (χ1) is 6.95. The van der Waals surface area contributed by atoms with E-state index < -0.39 is 0 Å². The van der Waals surface area contributed by atoms with Gasteiger partial charge in [-0.25, -0.2) is 4.31 Å². The van der Waals surface area contributed by atoms with E-state index in [-0.39, 0.29) is 0 Å². The lowest BCUT2D eigenvalue weighted by Crippen LogP contribution is -2.30. The van der Waals surface area contributed by atoms with Crippen molar-refractivity contribution in [1.29, 1.82) is 0 Å².